The van der Waals surface area contributed by atoms with E-state index in [1.165, 1.54) is 6.07 Å². The Balaban J connectivity index is 2.78. The number of fused-ring (bicyclic) bond motifs is 1. The molecule has 0 radical (unpaired) electrons. The second kappa shape index (κ2) is 2.35. The largest absolute Gasteiger partial charge is 0.206 e. The smallest absolute Gasteiger partial charge is 0.131 e. The third kappa shape index (κ3) is 0.984. The summed E-state index contributed by atoms with van der Waals surface area (Å²) in [6.45, 7) is 0. The van der Waals surface area contributed by atoms with Gasteiger partial charge in [-0.3, -0.25) is 0 Å². The lowest BCUT2D eigenvalue weighted by atomic mass is 10.2. The van der Waals surface area contributed by atoms with E-state index >= 15 is 0 Å². The number of rotatable bonds is 0. The molecule has 0 unspecified atom stereocenters. The highest BCUT2D eigenvalue weighted by atomic mass is 19.1. The van der Waals surface area contributed by atoms with Crippen LogP contribution < -0.4 is 0 Å². The highest BCUT2D eigenvalue weighted by Crippen LogP contribution is 2.23. The molecule has 0 spiro atoms. The first-order chi connectivity index (χ1) is 5.38. The Kier molecular flexibility index (Phi) is 1.35. The molecule has 0 bridgehead atoms. The maximum absolute atomic E-state index is 13.1. The Hall–Kier alpha value is -1.37. The zero-order chi connectivity index (χ0) is 7.68. The van der Waals surface area contributed by atoms with Crippen LogP contribution in [0, 0.1) is 5.82 Å². The lowest BCUT2D eigenvalue weighted by Crippen LogP contribution is -1.71. The van der Waals surface area contributed by atoms with Gasteiger partial charge in [0.1, 0.15) is 5.82 Å². The van der Waals surface area contributed by atoms with Crippen molar-refractivity contribution in [2.45, 2.75) is 0 Å². The van der Waals surface area contributed by atoms with Gasteiger partial charge in [-0.2, -0.15) is 0 Å². The van der Waals surface area contributed by atoms with E-state index in [0.717, 1.165) is 5.56 Å². The fourth-order valence-corrected chi connectivity index (χ4v) is 1.19. The van der Waals surface area contributed by atoms with Gasteiger partial charge >= 0.3 is 0 Å². The van der Waals surface area contributed by atoms with Crippen LogP contribution in [-0.2, 0) is 0 Å². The summed E-state index contributed by atoms with van der Waals surface area (Å²) in [5.41, 5.74) is 1.64. The quantitative estimate of drug-likeness (QED) is 0.536. The molecule has 1 heteroatoms. The molecule has 0 aromatic carbocycles. The maximum Gasteiger partial charge on any atom is 0.131 e. The van der Waals surface area contributed by atoms with Crippen molar-refractivity contribution >= 4 is 0 Å². The van der Waals surface area contributed by atoms with Crippen LogP contribution in [-0.4, -0.2) is 0 Å². The molecule has 0 fully saturated rings. The van der Waals surface area contributed by atoms with Gasteiger partial charge in [0, 0.05) is 5.56 Å². The molecule has 0 heterocycles. The van der Waals surface area contributed by atoms with Gasteiger partial charge in [-0.1, -0.05) is 36.4 Å². The topological polar surface area (TPSA) is 0 Å². The Morgan fingerprint density at radius 3 is 2.45 bits per heavy atom. The molecule has 54 valence electrons. The maximum atomic E-state index is 13.1. The van der Waals surface area contributed by atoms with Gasteiger partial charge in [0.05, 0.1) is 0 Å². The summed E-state index contributed by atoms with van der Waals surface area (Å²) in [7, 11) is 0. The summed E-state index contributed by atoms with van der Waals surface area (Å²) in [6.07, 6.45) is 0. The number of halogens is 1. The van der Waals surface area contributed by atoms with Crippen molar-refractivity contribution < 1.29 is 4.39 Å². The van der Waals surface area contributed by atoms with E-state index in [-0.39, 0.29) is 5.82 Å². The highest BCUT2D eigenvalue weighted by Gasteiger charge is 2.03. The summed E-state index contributed by atoms with van der Waals surface area (Å²) < 4.78 is 13.1. The molecule has 11 heavy (non-hydrogen) atoms. The SMILES string of the molecule is Fc1ccccc2cccc1-2. The minimum Gasteiger partial charge on any atom is -0.206 e. The van der Waals surface area contributed by atoms with Crippen molar-refractivity contribution in [2.24, 2.45) is 0 Å². The predicted molar refractivity (Wildman–Crippen MR) is 43.0 cm³/mol. The molecular weight excluding hydrogens is 139 g/mol. The molecular formula is C10H7F. The summed E-state index contributed by atoms with van der Waals surface area (Å²) in [5, 5.41) is 0. The zero-order valence-electron chi connectivity index (χ0n) is 5.92. The van der Waals surface area contributed by atoms with Crippen molar-refractivity contribution in [1.29, 1.82) is 0 Å². The first-order valence-electron chi connectivity index (χ1n) is 3.51. The van der Waals surface area contributed by atoms with Crippen LogP contribution in [0.15, 0.2) is 42.5 Å². The molecule has 0 aromatic rings. The third-order valence-corrected chi connectivity index (χ3v) is 1.74. The van der Waals surface area contributed by atoms with Crippen LogP contribution in [0.4, 0.5) is 4.39 Å². The van der Waals surface area contributed by atoms with E-state index in [4.69, 9.17) is 0 Å². The molecule has 0 aliphatic heterocycles. The predicted octanol–water partition coefficient (Wildman–Crippen LogP) is 2.93. The minimum atomic E-state index is -0.157. The molecule has 0 nitrogen and oxygen atoms in total. The molecule has 0 aromatic heterocycles. The van der Waals surface area contributed by atoms with E-state index < -0.39 is 0 Å². The third-order valence-electron chi connectivity index (χ3n) is 1.74. The van der Waals surface area contributed by atoms with E-state index in [0.29, 0.717) is 5.56 Å². The van der Waals surface area contributed by atoms with Gasteiger partial charge in [-0.25, -0.2) is 4.39 Å². The number of hydrogen-bond acceptors (Lipinski definition) is 0. The summed E-state index contributed by atoms with van der Waals surface area (Å²) in [5.74, 6) is -0.157. The van der Waals surface area contributed by atoms with Crippen molar-refractivity contribution in [3.05, 3.63) is 48.3 Å². The molecule has 2 aliphatic rings. The monoisotopic (exact) mass is 146 g/mol. The Morgan fingerprint density at radius 1 is 0.818 bits per heavy atom. The van der Waals surface area contributed by atoms with Crippen LogP contribution in [0.3, 0.4) is 0 Å². The standard InChI is InChI=1S/C10H7F/c11-10-7-2-1-4-8-5-3-6-9(8)10/h1-7H. The van der Waals surface area contributed by atoms with Gasteiger partial charge in [-0.05, 0) is 11.6 Å². The molecule has 2 aliphatic carbocycles. The minimum absolute atomic E-state index is 0.157. The fourth-order valence-electron chi connectivity index (χ4n) is 1.19. The first kappa shape index (κ1) is 6.35. The second-order valence-corrected chi connectivity index (χ2v) is 2.46. The van der Waals surface area contributed by atoms with Gasteiger partial charge in [0.2, 0.25) is 0 Å². The molecule has 0 N–H and O–H groups in total. The van der Waals surface area contributed by atoms with Gasteiger partial charge in [0.15, 0.2) is 0 Å². The van der Waals surface area contributed by atoms with Crippen molar-refractivity contribution in [1.82, 2.24) is 0 Å². The molecule has 0 saturated heterocycles. The average molecular weight is 146 g/mol. The van der Waals surface area contributed by atoms with Crippen molar-refractivity contribution in [3.8, 4) is 11.1 Å². The van der Waals surface area contributed by atoms with Gasteiger partial charge < -0.3 is 0 Å². The molecule has 0 atom stereocenters. The zero-order valence-corrected chi connectivity index (χ0v) is 5.92. The van der Waals surface area contributed by atoms with E-state index in [9.17, 15) is 4.39 Å². The average Bonchev–Trinajstić information content (AvgIpc) is 2.40. The van der Waals surface area contributed by atoms with Crippen LogP contribution in [0.1, 0.15) is 0 Å². The van der Waals surface area contributed by atoms with Crippen molar-refractivity contribution in [2.75, 3.05) is 0 Å². The Labute approximate surface area is 64.6 Å². The van der Waals surface area contributed by atoms with E-state index in [1.54, 1.807) is 12.1 Å². The normalized spacial score (nSPS) is 10.3. The van der Waals surface area contributed by atoms with Gasteiger partial charge in [0.25, 0.3) is 0 Å². The molecule has 2 rings (SSSR count). The van der Waals surface area contributed by atoms with Crippen LogP contribution in [0.5, 0.6) is 0 Å². The molecule has 0 amide bonds. The first-order valence-corrected chi connectivity index (χ1v) is 3.51. The van der Waals surface area contributed by atoms with Crippen LogP contribution in [0.25, 0.3) is 11.1 Å². The summed E-state index contributed by atoms with van der Waals surface area (Å²) in [6, 6.07) is 12.5. The van der Waals surface area contributed by atoms with E-state index in [1.807, 2.05) is 24.3 Å². The summed E-state index contributed by atoms with van der Waals surface area (Å²) in [4.78, 5) is 0. The lowest BCUT2D eigenvalue weighted by Gasteiger charge is -1.90. The van der Waals surface area contributed by atoms with Crippen molar-refractivity contribution in [3.63, 3.8) is 0 Å². The number of hydrogen-bond donors (Lipinski definition) is 0. The molecule has 0 saturated carbocycles. The Bertz CT molecular complexity index is 341. The highest BCUT2D eigenvalue weighted by molar-refractivity contribution is 5.66. The Morgan fingerprint density at radius 2 is 1.55 bits per heavy atom. The lowest BCUT2D eigenvalue weighted by molar-refractivity contribution is 0.633. The van der Waals surface area contributed by atoms with Gasteiger partial charge in [-0.15, -0.1) is 0 Å². The summed E-state index contributed by atoms with van der Waals surface area (Å²) >= 11 is 0. The van der Waals surface area contributed by atoms with Crippen LogP contribution >= 0.6 is 0 Å². The second-order valence-electron chi connectivity index (χ2n) is 2.46. The van der Waals surface area contributed by atoms with Crippen LogP contribution in [0.2, 0.25) is 0 Å². The van der Waals surface area contributed by atoms with E-state index in [2.05, 4.69) is 0 Å². The fraction of sp³-hybridized carbons (Fsp3) is 0.